The number of rotatable bonds is 3. The second kappa shape index (κ2) is 5.49. The zero-order chi connectivity index (χ0) is 16.6. The van der Waals surface area contributed by atoms with Gasteiger partial charge in [0, 0.05) is 18.2 Å². The van der Waals surface area contributed by atoms with Gasteiger partial charge in [0.1, 0.15) is 5.82 Å². The van der Waals surface area contributed by atoms with Crippen molar-refractivity contribution >= 4 is 32.7 Å². The fraction of sp³-hybridized carbons (Fsp3) is 0.0667. The highest BCUT2D eigenvalue weighted by Gasteiger charge is 2.11. The third-order valence-corrected chi connectivity index (χ3v) is 4.17. The molecule has 2 aromatic carbocycles. The highest BCUT2D eigenvalue weighted by Crippen LogP contribution is 2.23. The summed E-state index contributed by atoms with van der Waals surface area (Å²) in [7, 11) is -3.75. The predicted molar refractivity (Wildman–Crippen MR) is 87.2 cm³/mol. The number of hydrogen-bond acceptors (Lipinski definition) is 4. The molecule has 0 saturated heterocycles. The summed E-state index contributed by atoms with van der Waals surface area (Å²) >= 11 is 0. The maximum Gasteiger partial charge on any atom is 0.238 e. The van der Waals surface area contributed by atoms with Crippen LogP contribution in [-0.2, 0) is 14.8 Å². The first-order valence-electron chi connectivity index (χ1n) is 6.73. The Morgan fingerprint density at radius 2 is 1.87 bits per heavy atom. The third-order valence-electron chi connectivity index (χ3n) is 3.26. The van der Waals surface area contributed by atoms with Crippen molar-refractivity contribution in [1.82, 2.24) is 9.97 Å². The van der Waals surface area contributed by atoms with Gasteiger partial charge in [0.25, 0.3) is 0 Å². The van der Waals surface area contributed by atoms with Crippen LogP contribution in [0.4, 0.5) is 5.69 Å². The largest absolute Gasteiger partial charge is 0.338 e. The number of aromatic amines is 1. The van der Waals surface area contributed by atoms with Gasteiger partial charge >= 0.3 is 0 Å². The molecule has 1 heterocycles. The molecule has 0 radical (unpaired) electrons. The van der Waals surface area contributed by atoms with Crippen LogP contribution in [0.15, 0.2) is 47.4 Å². The number of nitrogens with one attached hydrogen (secondary N) is 2. The van der Waals surface area contributed by atoms with E-state index in [1.807, 2.05) is 12.1 Å². The third kappa shape index (κ3) is 3.22. The van der Waals surface area contributed by atoms with Crippen molar-refractivity contribution in [2.24, 2.45) is 5.14 Å². The van der Waals surface area contributed by atoms with Gasteiger partial charge in [-0.1, -0.05) is 0 Å². The van der Waals surface area contributed by atoms with E-state index in [1.165, 1.54) is 19.1 Å². The van der Waals surface area contributed by atoms with Crippen molar-refractivity contribution < 1.29 is 13.2 Å². The highest BCUT2D eigenvalue weighted by molar-refractivity contribution is 7.89. The topological polar surface area (TPSA) is 118 Å². The van der Waals surface area contributed by atoms with Crippen LogP contribution in [0.5, 0.6) is 0 Å². The molecule has 4 N–H and O–H groups in total. The number of carbonyl (C=O) groups is 1. The van der Waals surface area contributed by atoms with Crippen molar-refractivity contribution in [3.63, 3.8) is 0 Å². The van der Waals surface area contributed by atoms with Gasteiger partial charge in [0.15, 0.2) is 0 Å². The number of nitrogens with zero attached hydrogens (tertiary/aromatic N) is 1. The number of imidazole rings is 1. The lowest BCUT2D eigenvalue weighted by atomic mass is 10.2. The van der Waals surface area contributed by atoms with Crippen LogP contribution in [0.25, 0.3) is 22.4 Å². The SMILES string of the molecule is CC(=O)Nc1ccc(-c2nc3ccc(S(N)(=O)=O)cc3[nH]2)cc1. The minimum Gasteiger partial charge on any atom is -0.338 e. The number of sulfonamides is 1. The van der Waals surface area contributed by atoms with Gasteiger partial charge in [-0.2, -0.15) is 0 Å². The Hall–Kier alpha value is -2.71. The van der Waals surface area contributed by atoms with E-state index in [9.17, 15) is 13.2 Å². The van der Waals surface area contributed by atoms with Gasteiger partial charge in [0.05, 0.1) is 15.9 Å². The van der Waals surface area contributed by atoms with Gasteiger partial charge in [0.2, 0.25) is 15.9 Å². The quantitative estimate of drug-likeness (QED) is 0.679. The summed E-state index contributed by atoms with van der Waals surface area (Å²) in [5, 5.41) is 7.81. The maximum absolute atomic E-state index is 11.4. The molecule has 0 bridgehead atoms. The summed E-state index contributed by atoms with van der Waals surface area (Å²) < 4.78 is 22.8. The van der Waals surface area contributed by atoms with Gasteiger partial charge in [-0.25, -0.2) is 18.5 Å². The standard InChI is InChI=1S/C15H14N4O3S/c1-9(20)17-11-4-2-10(3-5-11)15-18-13-7-6-12(23(16,21)22)8-14(13)19-15/h2-8H,1H3,(H,17,20)(H,18,19)(H2,16,21,22). The molecule has 23 heavy (non-hydrogen) atoms. The van der Waals surface area contributed by atoms with E-state index >= 15 is 0 Å². The number of nitrogens with two attached hydrogens (primary N) is 1. The van der Waals surface area contributed by atoms with E-state index in [1.54, 1.807) is 18.2 Å². The van der Waals surface area contributed by atoms with E-state index in [-0.39, 0.29) is 10.8 Å². The molecule has 3 rings (SSSR count). The molecule has 0 aliphatic heterocycles. The van der Waals surface area contributed by atoms with E-state index in [0.717, 1.165) is 5.56 Å². The highest BCUT2D eigenvalue weighted by atomic mass is 32.2. The number of amides is 1. The lowest BCUT2D eigenvalue weighted by Crippen LogP contribution is -2.11. The molecule has 1 amide bonds. The zero-order valence-corrected chi connectivity index (χ0v) is 13.0. The maximum atomic E-state index is 11.4. The molecule has 8 heteroatoms. The number of aromatic nitrogens is 2. The number of primary sulfonamides is 1. The van der Waals surface area contributed by atoms with Crippen molar-refractivity contribution in [3.8, 4) is 11.4 Å². The molecule has 7 nitrogen and oxygen atoms in total. The second-order valence-electron chi connectivity index (χ2n) is 5.07. The van der Waals surface area contributed by atoms with E-state index in [0.29, 0.717) is 22.5 Å². The second-order valence-corrected chi connectivity index (χ2v) is 6.63. The predicted octanol–water partition coefficient (Wildman–Crippen LogP) is 1.84. The molecule has 0 saturated carbocycles. The number of anilines is 1. The van der Waals surface area contributed by atoms with Crippen molar-refractivity contribution in [3.05, 3.63) is 42.5 Å². The first-order chi connectivity index (χ1) is 10.8. The number of carbonyl (C=O) groups excluding carboxylic acids is 1. The molecule has 0 aliphatic carbocycles. The summed E-state index contributed by atoms with van der Waals surface area (Å²) in [5.74, 6) is 0.456. The fourth-order valence-corrected chi connectivity index (χ4v) is 2.76. The van der Waals surface area contributed by atoms with Crippen LogP contribution < -0.4 is 10.5 Å². The Balaban J connectivity index is 1.98. The first kappa shape index (κ1) is 15.2. The molecule has 0 atom stereocenters. The van der Waals surface area contributed by atoms with Crippen LogP contribution in [-0.4, -0.2) is 24.3 Å². The van der Waals surface area contributed by atoms with E-state index in [2.05, 4.69) is 15.3 Å². The monoisotopic (exact) mass is 330 g/mol. The van der Waals surface area contributed by atoms with E-state index in [4.69, 9.17) is 5.14 Å². The van der Waals surface area contributed by atoms with E-state index < -0.39 is 10.0 Å². The van der Waals surface area contributed by atoms with Crippen molar-refractivity contribution in [2.75, 3.05) is 5.32 Å². The summed E-state index contributed by atoms with van der Waals surface area (Å²) in [4.78, 5) is 18.5. The molecule has 1 aromatic heterocycles. The number of H-pyrrole nitrogens is 1. The minimum absolute atomic E-state index is 0.0289. The molecule has 118 valence electrons. The van der Waals surface area contributed by atoms with Gasteiger partial charge in [-0.3, -0.25) is 4.79 Å². The number of benzene rings is 2. The van der Waals surface area contributed by atoms with Crippen LogP contribution in [0.1, 0.15) is 6.92 Å². The molecule has 0 fully saturated rings. The molecule has 0 spiro atoms. The van der Waals surface area contributed by atoms with Crippen LogP contribution >= 0.6 is 0 Å². The summed E-state index contributed by atoms with van der Waals surface area (Å²) in [5.41, 5.74) is 2.72. The van der Waals surface area contributed by atoms with Gasteiger partial charge < -0.3 is 10.3 Å². The first-order valence-corrected chi connectivity index (χ1v) is 8.28. The minimum atomic E-state index is -3.75. The zero-order valence-electron chi connectivity index (χ0n) is 12.2. The smallest absolute Gasteiger partial charge is 0.238 e. The Morgan fingerprint density at radius 3 is 2.48 bits per heavy atom. The summed E-state index contributed by atoms with van der Waals surface area (Å²) in [6.07, 6.45) is 0. The van der Waals surface area contributed by atoms with Gasteiger partial charge in [-0.15, -0.1) is 0 Å². The lowest BCUT2D eigenvalue weighted by Gasteiger charge is -2.02. The fourth-order valence-electron chi connectivity index (χ4n) is 2.22. The lowest BCUT2D eigenvalue weighted by molar-refractivity contribution is -0.114. The summed E-state index contributed by atoms with van der Waals surface area (Å²) in [6.45, 7) is 1.44. The molecular weight excluding hydrogens is 316 g/mol. The van der Waals surface area contributed by atoms with Crippen molar-refractivity contribution in [2.45, 2.75) is 11.8 Å². The molecular formula is C15H14N4O3S. The van der Waals surface area contributed by atoms with Crippen molar-refractivity contribution in [1.29, 1.82) is 0 Å². The summed E-state index contributed by atoms with van der Waals surface area (Å²) in [6, 6.07) is 11.6. The Morgan fingerprint density at radius 1 is 1.17 bits per heavy atom. The average Bonchev–Trinajstić information content (AvgIpc) is 2.89. The number of fused-ring (bicyclic) bond motifs is 1. The Bertz CT molecular complexity index is 991. The number of hydrogen-bond donors (Lipinski definition) is 3. The Labute approximate surface area is 132 Å². The van der Waals surface area contributed by atoms with Gasteiger partial charge in [-0.05, 0) is 42.5 Å². The van der Waals surface area contributed by atoms with Crippen LogP contribution in [0.2, 0.25) is 0 Å². The van der Waals surface area contributed by atoms with Crippen LogP contribution in [0, 0.1) is 0 Å². The Kier molecular flexibility index (Phi) is 3.63. The molecule has 3 aromatic rings. The molecule has 0 unspecified atom stereocenters. The average molecular weight is 330 g/mol. The normalized spacial score (nSPS) is 11.6. The van der Waals surface area contributed by atoms with Crippen LogP contribution in [0.3, 0.4) is 0 Å². The molecule has 0 aliphatic rings.